The number of hydrogen-bond acceptors (Lipinski definition) is 5. The summed E-state index contributed by atoms with van der Waals surface area (Å²) >= 11 is 0. The zero-order valence-corrected chi connectivity index (χ0v) is 12.6. The van der Waals surface area contributed by atoms with Crippen LogP contribution >= 0.6 is 0 Å². The van der Waals surface area contributed by atoms with Gasteiger partial charge in [-0.05, 0) is 19.9 Å². The Labute approximate surface area is 127 Å². The number of nitrogens with zero attached hydrogens (tertiary/aromatic N) is 4. The summed E-state index contributed by atoms with van der Waals surface area (Å²) in [6.07, 6.45) is 0.297. The molecule has 2 aliphatic rings. The molecule has 0 spiro atoms. The Morgan fingerprint density at radius 3 is 2.73 bits per heavy atom. The van der Waals surface area contributed by atoms with Crippen LogP contribution in [0.2, 0.25) is 0 Å². The predicted molar refractivity (Wildman–Crippen MR) is 73.2 cm³/mol. The van der Waals surface area contributed by atoms with Crippen LogP contribution in [0.25, 0.3) is 0 Å². The molecule has 1 aromatic heterocycles. The maximum Gasteiger partial charge on any atom is 0.251 e. The van der Waals surface area contributed by atoms with Gasteiger partial charge in [0.15, 0.2) is 5.82 Å². The molecule has 3 rings (SSSR count). The SMILES string of the molecule is Cc1noc(CN2CCC(C(=O)N3CCC(F)(F)CC3)C2)n1. The molecule has 0 aromatic carbocycles. The Morgan fingerprint density at radius 1 is 1.36 bits per heavy atom. The summed E-state index contributed by atoms with van der Waals surface area (Å²) in [5.41, 5.74) is 0. The van der Waals surface area contributed by atoms with E-state index in [1.807, 2.05) is 0 Å². The first kappa shape index (κ1) is 15.3. The van der Waals surface area contributed by atoms with Crippen molar-refractivity contribution in [3.63, 3.8) is 0 Å². The number of carbonyl (C=O) groups excluding carboxylic acids is 1. The Hall–Kier alpha value is -1.57. The van der Waals surface area contributed by atoms with Crippen LogP contribution in [0.15, 0.2) is 4.52 Å². The van der Waals surface area contributed by atoms with Gasteiger partial charge in [-0.15, -0.1) is 0 Å². The molecule has 8 heteroatoms. The number of halogens is 2. The van der Waals surface area contributed by atoms with E-state index in [2.05, 4.69) is 15.0 Å². The first-order chi connectivity index (χ1) is 10.4. The largest absolute Gasteiger partial charge is 0.342 e. The zero-order valence-electron chi connectivity index (χ0n) is 12.6. The summed E-state index contributed by atoms with van der Waals surface area (Å²) in [5.74, 6) is -1.59. The lowest BCUT2D eigenvalue weighted by atomic mass is 10.0. The quantitative estimate of drug-likeness (QED) is 0.845. The molecular formula is C14H20F2N4O2. The molecule has 1 atom stereocenters. The molecule has 0 N–H and O–H groups in total. The standard InChI is InChI=1S/C14H20F2N4O2/c1-10-17-12(22-18-10)9-19-5-2-11(8-19)13(21)20-6-3-14(15,16)4-7-20/h11H,2-9H2,1H3. The predicted octanol–water partition coefficient (Wildman–Crippen LogP) is 1.46. The highest BCUT2D eigenvalue weighted by Gasteiger charge is 2.38. The van der Waals surface area contributed by atoms with Gasteiger partial charge in [-0.3, -0.25) is 9.69 Å². The molecule has 1 aromatic rings. The number of hydrogen-bond donors (Lipinski definition) is 0. The van der Waals surface area contributed by atoms with Crippen LogP contribution in [0.4, 0.5) is 8.78 Å². The number of likely N-dealkylation sites (tertiary alicyclic amines) is 2. The van der Waals surface area contributed by atoms with Gasteiger partial charge in [-0.2, -0.15) is 4.98 Å². The Kier molecular flexibility index (Phi) is 4.12. The Morgan fingerprint density at radius 2 is 2.09 bits per heavy atom. The molecule has 2 aliphatic heterocycles. The van der Waals surface area contributed by atoms with Gasteiger partial charge >= 0.3 is 0 Å². The molecule has 0 radical (unpaired) electrons. The van der Waals surface area contributed by atoms with Crippen molar-refractivity contribution >= 4 is 5.91 Å². The van der Waals surface area contributed by atoms with Crippen LogP contribution in [0, 0.1) is 12.8 Å². The first-order valence-corrected chi connectivity index (χ1v) is 7.61. The Bertz CT molecular complexity index is 539. The van der Waals surface area contributed by atoms with Gasteiger partial charge in [0.2, 0.25) is 11.8 Å². The highest BCUT2D eigenvalue weighted by molar-refractivity contribution is 5.79. The molecule has 6 nitrogen and oxygen atoms in total. The topological polar surface area (TPSA) is 62.5 Å². The molecular weight excluding hydrogens is 294 g/mol. The third kappa shape index (κ3) is 3.43. The van der Waals surface area contributed by atoms with Crippen LogP contribution in [-0.4, -0.2) is 57.9 Å². The second-order valence-electron chi connectivity index (χ2n) is 6.14. The van der Waals surface area contributed by atoms with E-state index in [1.54, 1.807) is 11.8 Å². The summed E-state index contributed by atoms with van der Waals surface area (Å²) in [7, 11) is 0. The summed E-state index contributed by atoms with van der Waals surface area (Å²) in [6.45, 7) is 4.00. The van der Waals surface area contributed by atoms with Crippen molar-refractivity contribution < 1.29 is 18.1 Å². The number of amides is 1. The smallest absolute Gasteiger partial charge is 0.251 e. The lowest BCUT2D eigenvalue weighted by Crippen LogP contribution is -2.45. The van der Waals surface area contributed by atoms with Crippen molar-refractivity contribution in [2.75, 3.05) is 26.2 Å². The zero-order chi connectivity index (χ0) is 15.7. The van der Waals surface area contributed by atoms with E-state index >= 15 is 0 Å². The molecule has 0 aliphatic carbocycles. The summed E-state index contributed by atoms with van der Waals surface area (Å²) in [4.78, 5) is 20.2. The van der Waals surface area contributed by atoms with Gasteiger partial charge in [0.25, 0.3) is 5.92 Å². The number of alkyl halides is 2. The second kappa shape index (κ2) is 5.91. The minimum absolute atomic E-state index is 0.000269. The third-order valence-electron chi connectivity index (χ3n) is 4.36. The average Bonchev–Trinajstić information content (AvgIpc) is 3.08. The fourth-order valence-electron chi connectivity index (χ4n) is 3.09. The van der Waals surface area contributed by atoms with E-state index in [0.717, 1.165) is 13.0 Å². The summed E-state index contributed by atoms with van der Waals surface area (Å²) in [5, 5.41) is 3.74. The van der Waals surface area contributed by atoms with Gasteiger partial charge in [0.1, 0.15) is 0 Å². The first-order valence-electron chi connectivity index (χ1n) is 7.61. The summed E-state index contributed by atoms with van der Waals surface area (Å²) < 4.78 is 31.4. The van der Waals surface area contributed by atoms with Crippen LogP contribution in [0.5, 0.6) is 0 Å². The van der Waals surface area contributed by atoms with E-state index in [1.165, 1.54) is 0 Å². The highest BCUT2D eigenvalue weighted by Crippen LogP contribution is 2.29. The highest BCUT2D eigenvalue weighted by atomic mass is 19.3. The van der Waals surface area contributed by atoms with Crippen molar-refractivity contribution in [3.8, 4) is 0 Å². The minimum Gasteiger partial charge on any atom is -0.342 e. The van der Waals surface area contributed by atoms with Gasteiger partial charge < -0.3 is 9.42 Å². The molecule has 2 saturated heterocycles. The average molecular weight is 314 g/mol. The third-order valence-corrected chi connectivity index (χ3v) is 4.36. The molecule has 122 valence electrons. The number of aryl methyl sites for hydroxylation is 1. The van der Waals surface area contributed by atoms with Gasteiger partial charge in [-0.1, -0.05) is 5.16 Å². The van der Waals surface area contributed by atoms with Crippen LogP contribution in [0.1, 0.15) is 31.0 Å². The van der Waals surface area contributed by atoms with Crippen molar-refractivity contribution in [2.24, 2.45) is 5.92 Å². The van der Waals surface area contributed by atoms with E-state index < -0.39 is 5.92 Å². The van der Waals surface area contributed by atoms with Crippen LogP contribution in [-0.2, 0) is 11.3 Å². The van der Waals surface area contributed by atoms with Gasteiger partial charge in [-0.25, -0.2) is 8.78 Å². The van der Waals surface area contributed by atoms with Crippen molar-refractivity contribution in [1.82, 2.24) is 19.9 Å². The van der Waals surface area contributed by atoms with E-state index in [4.69, 9.17) is 4.52 Å². The summed E-state index contributed by atoms with van der Waals surface area (Å²) in [6, 6.07) is 0. The maximum atomic E-state index is 13.2. The number of aromatic nitrogens is 2. The molecule has 2 fully saturated rings. The van der Waals surface area contributed by atoms with Crippen LogP contribution < -0.4 is 0 Å². The number of piperidine rings is 1. The molecule has 0 bridgehead atoms. The fraction of sp³-hybridized carbons (Fsp3) is 0.786. The fourth-order valence-corrected chi connectivity index (χ4v) is 3.09. The van der Waals surface area contributed by atoms with Crippen LogP contribution in [0.3, 0.4) is 0 Å². The maximum absolute atomic E-state index is 13.2. The molecule has 1 unspecified atom stereocenters. The molecule has 22 heavy (non-hydrogen) atoms. The minimum atomic E-state index is -2.62. The second-order valence-corrected chi connectivity index (χ2v) is 6.14. The van der Waals surface area contributed by atoms with Crippen molar-refractivity contribution in [1.29, 1.82) is 0 Å². The van der Waals surface area contributed by atoms with E-state index in [-0.39, 0.29) is 37.8 Å². The molecule has 0 saturated carbocycles. The normalized spacial score (nSPS) is 25.6. The monoisotopic (exact) mass is 314 g/mol. The lowest BCUT2D eigenvalue weighted by Gasteiger charge is -2.33. The molecule has 1 amide bonds. The number of carbonyl (C=O) groups is 1. The van der Waals surface area contributed by atoms with E-state index in [9.17, 15) is 13.6 Å². The van der Waals surface area contributed by atoms with Crippen molar-refractivity contribution in [2.45, 2.75) is 38.7 Å². The molecule has 3 heterocycles. The van der Waals surface area contributed by atoms with Gasteiger partial charge in [0, 0.05) is 32.5 Å². The number of rotatable bonds is 3. The van der Waals surface area contributed by atoms with Crippen molar-refractivity contribution in [3.05, 3.63) is 11.7 Å². The van der Waals surface area contributed by atoms with Gasteiger partial charge in [0.05, 0.1) is 12.5 Å². The van der Waals surface area contributed by atoms with E-state index in [0.29, 0.717) is 24.8 Å². The lowest BCUT2D eigenvalue weighted by molar-refractivity contribution is -0.141. The Balaban J connectivity index is 1.51.